The molecule has 0 amide bonds. The molecule has 3 N–H and O–H groups in total. The van der Waals surface area contributed by atoms with Gasteiger partial charge < -0.3 is 15.2 Å². The van der Waals surface area contributed by atoms with Gasteiger partial charge in [0.15, 0.2) is 11.5 Å². The van der Waals surface area contributed by atoms with E-state index in [1.807, 2.05) is 6.92 Å². The number of benzene rings is 2. The Morgan fingerprint density at radius 1 is 1.20 bits per heavy atom. The van der Waals surface area contributed by atoms with E-state index in [1.54, 1.807) is 24.3 Å². The van der Waals surface area contributed by atoms with E-state index in [9.17, 15) is 8.42 Å². The fraction of sp³-hybridized carbons (Fsp3) is 0.294. The van der Waals surface area contributed by atoms with Crippen LogP contribution in [0.15, 0.2) is 41.3 Å². The van der Waals surface area contributed by atoms with E-state index in [4.69, 9.17) is 26.8 Å². The lowest BCUT2D eigenvalue weighted by molar-refractivity contribution is 0.311. The fourth-order valence-electron chi connectivity index (χ4n) is 2.26. The van der Waals surface area contributed by atoms with Crippen molar-refractivity contribution in [3.05, 3.63) is 47.0 Å². The normalized spacial score (nSPS) is 11.3. The van der Waals surface area contributed by atoms with Crippen molar-refractivity contribution in [2.45, 2.75) is 18.2 Å². The molecule has 0 saturated heterocycles. The molecule has 136 valence electrons. The summed E-state index contributed by atoms with van der Waals surface area (Å²) in [5.41, 5.74) is 6.92. The number of hydrogen-bond acceptors (Lipinski definition) is 5. The summed E-state index contributed by atoms with van der Waals surface area (Å²) in [5, 5.41) is 0.428. The standard InChI is InChI=1S/C17H21ClN2O4S/c1-3-24-17-15(18)10-12(11-16(17)23-2)8-9-20-25(21,22)14-6-4-13(19)5-7-14/h4-7,10-11,20H,3,8-9,19H2,1-2H3. The molecule has 0 spiro atoms. The molecule has 0 bridgehead atoms. The first-order chi connectivity index (χ1) is 11.9. The zero-order chi connectivity index (χ0) is 18.4. The topological polar surface area (TPSA) is 90.7 Å². The Balaban J connectivity index is 2.06. The summed E-state index contributed by atoms with van der Waals surface area (Å²) in [6.45, 7) is 2.55. The van der Waals surface area contributed by atoms with Gasteiger partial charge >= 0.3 is 0 Å². The predicted octanol–water partition coefficient (Wildman–Crippen LogP) is 2.85. The van der Waals surface area contributed by atoms with Gasteiger partial charge in [0.05, 0.1) is 23.6 Å². The third-order valence-corrected chi connectivity index (χ3v) is 5.23. The SMILES string of the molecule is CCOc1c(Cl)cc(CCNS(=O)(=O)c2ccc(N)cc2)cc1OC. The molecule has 0 aliphatic carbocycles. The van der Waals surface area contributed by atoms with E-state index in [2.05, 4.69) is 4.72 Å². The average molecular weight is 385 g/mol. The van der Waals surface area contributed by atoms with Crippen LogP contribution in [-0.4, -0.2) is 28.7 Å². The van der Waals surface area contributed by atoms with Crippen molar-refractivity contribution >= 4 is 27.3 Å². The van der Waals surface area contributed by atoms with E-state index >= 15 is 0 Å². The van der Waals surface area contributed by atoms with Crippen LogP contribution in [0.3, 0.4) is 0 Å². The lowest BCUT2D eigenvalue weighted by Gasteiger charge is -2.13. The molecule has 0 radical (unpaired) electrons. The zero-order valence-corrected chi connectivity index (χ0v) is 15.7. The molecular weight excluding hydrogens is 364 g/mol. The van der Waals surface area contributed by atoms with E-state index in [-0.39, 0.29) is 11.4 Å². The van der Waals surface area contributed by atoms with Crippen molar-refractivity contribution in [3.8, 4) is 11.5 Å². The summed E-state index contributed by atoms with van der Waals surface area (Å²) in [4.78, 5) is 0.170. The first kappa shape index (κ1) is 19.4. The largest absolute Gasteiger partial charge is 0.493 e. The molecule has 2 aromatic carbocycles. The van der Waals surface area contributed by atoms with Gasteiger partial charge in [0.2, 0.25) is 10.0 Å². The van der Waals surface area contributed by atoms with Crippen LogP contribution in [0.4, 0.5) is 5.69 Å². The highest BCUT2D eigenvalue weighted by Gasteiger charge is 2.15. The number of methoxy groups -OCH3 is 1. The Bertz CT molecular complexity index is 823. The number of nitrogens with one attached hydrogen (secondary N) is 1. The number of ether oxygens (including phenoxy) is 2. The maximum absolute atomic E-state index is 12.2. The minimum atomic E-state index is -3.58. The molecule has 0 heterocycles. The maximum atomic E-state index is 12.2. The molecule has 8 heteroatoms. The molecule has 0 fully saturated rings. The number of rotatable bonds is 8. The first-order valence-corrected chi connectivity index (χ1v) is 9.58. The molecule has 25 heavy (non-hydrogen) atoms. The Morgan fingerprint density at radius 3 is 2.48 bits per heavy atom. The Hall–Kier alpha value is -1.96. The number of hydrogen-bond donors (Lipinski definition) is 2. The summed E-state index contributed by atoms with van der Waals surface area (Å²) >= 11 is 6.22. The van der Waals surface area contributed by atoms with Gasteiger partial charge in [-0.1, -0.05) is 11.6 Å². The van der Waals surface area contributed by atoms with Gasteiger partial charge in [-0.2, -0.15) is 0 Å². The molecule has 0 atom stereocenters. The molecule has 6 nitrogen and oxygen atoms in total. The van der Waals surface area contributed by atoms with Crippen LogP contribution in [0.2, 0.25) is 5.02 Å². The van der Waals surface area contributed by atoms with E-state index in [0.717, 1.165) is 5.56 Å². The van der Waals surface area contributed by atoms with E-state index < -0.39 is 10.0 Å². The van der Waals surface area contributed by atoms with Gasteiger partial charge in [-0.05, 0) is 55.3 Å². The number of halogens is 1. The summed E-state index contributed by atoms with van der Waals surface area (Å²) in [7, 11) is -2.05. The van der Waals surface area contributed by atoms with Gasteiger partial charge in [-0.3, -0.25) is 0 Å². The average Bonchev–Trinajstić information content (AvgIpc) is 2.57. The summed E-state index contributed by atoms with van der Waals surface area (Å²) in [6, 6.07) is 9.56. The van der Waals surface area contributed by atoms with Crippen molar-refractivity contribution in [2.24, 2.45) is 0 Å². The Labute approximate surface area is 152 Å². The second kappa shape index (κ2) is 8.42. The van der Waals surface area contributed by atoms with Gasteiger partial charge in [0.25, 0.3) is 0 Å². The molecule has 0 aliphatic rings. The third-order valence-electron chi connectivity index (χ3n) is 3.47. The highest BCUT2D eigenvalue weighted by atomic mass is 35.5. The summed E-state index contributed by atoms with van der Waals surface area (Å²) in [6.07, 6.45) is 0.455. The molecular formula is C17H21ClN2O4S. The Kier molecular flexibility index (Phi) is 6.52. The molecule has 2 aromatic rings. The summed E-state index contributed by atoms with van der Waals surface area (Å²) in [5.74, 6) is 1.00. The molecule has 0 aromatic heterocycles. The van der Waals surface area contributed by atoms with Crippen LogP contribution in [0.25, 0.3) is 0 Å². The van der Waals surface area contributed by atoms with Crippen molar-refractivity contribution in [1.82, 2.24) is 4.72 Å². The van der Waals surface area contributed by atoms with Crippen LogP contribution in [-0.2, 0) is 16.4 Å². The Morgan fingerprint density at radius 2 is 1.88 bits per heavy atom. The smallest absolute Gasteiger partial charge is 0.240 e. The maximum Gasteiger partial charge on any atom is 0.240 e. The summed E-state index contributed by atoms with van der Waals surface area (Å²) < 4.78 is 37.8. The van der Waals surface area contributed by atoms with Crippen LogP contribution in [0.5, 0.6) is 11.5 Å². The van der Waals surface area contributed by atoms with Crippen LogP contribution in [0.1, 0.15) is 12.5 Å². The van der Waals surface area contributed by atoms with E-state index in [0.29, 0.717) is 35.2 Å². The highest BCUT2D eigenvalue weighted by Crippen LogP contribution is 2.36. The van der Waals surface area contributed by atoms with Gasteiger partial charge in [0.1, 0.15) is 0 Å². The second-order valence-corrected chi connectivity index (χ2v) is 7.43. The van der Waals surface area contributed by atoms with Crippen molar-refractivity contribution in [1.29, 1.82) is 0 Å². The minimum Gasteiger partial charge on any atom is -0.493 e. The monoisotopic (exact) mass is 384 g/mol. The number of sulfonamides is 1. The minimum absolute atomic E-state index is 0.170. The second-order valence-electron chi connectivity index (χ2n) is 5.26. The van der Waals surface area contributed by atoms with Crippen LogP contribution >= 0.6 is 11.6 Å². The first-order valence-electron chi connectivity index (χ1n) is 7.71. The van der Waals surface area contributed by atoms with E-state index in [1.165, 1.54) is 19.2 Å². The lowest BCUT2D eigenvalue weighted by atomic mass is 10.1. The number of nitrogens with two attached hydrogens (primary N) is 1. The van der Waals surface area contributed by atoms with Crippen molar-refractivity contribution in [3.63, 3.8) is 0 Å². The van der Waals surface area contributed by atoms with Crippen LogP contribution in [0, 0.1) is 0 Å². The van der Waals surface area contributed by atoms with Gasteiger partial charge in [0, 0.05) is 12.2 Å². The van der Waals surface area contributed by atoms with Crippen LogP contribution < -0.4 is 19.9 Å². The van der Waals surface area contributed by atoms with Gasteiger partial charge in [-0.25, -0.2) is 13.1 Å². The molecule has 0 unspecified atom stereocenters. The third kappa shape index (κ3) is 5.01. The fourth-order valence-corrected chi connectivity index (χ4v) is 3.58. The quantitative estimate of drug-likeness (QED) is 0.683. The molecule has 2 rings (SSSR count). The predicted molar refractivity (Wildman–Crippen MR) is 98.9 cm³/mol. The highest BCUT2D eigenvalue weighted by molar-refractivity contribution is 7.89. The van der Waals surface area contributed by atoms with Crippen molar-refractivity contribution < 1.29 is 17.9 Å². The zero-order valence-electron chi connectivity index (χ0n) is 14.1. The molecule has 0 saturated carbocycles. The number of nitrogen functional groups attached to an aromatic ring is 1. The molecule has 0 aliphatic heterocycles. The van der Waals surface area contributed by atoms with Crippen molar-refractivity contribution in [2.75, 3.05) is 26.0 Å². The van der Waals surface area contributed by atoms with Gasteiger partial charge in [-0.15, -0.1) is 0 Å². The lowest BCUT2D eigenvalue weighted by Crippen LogP contribution is -2.26. The number of anilines is 1.